The molecule has 104 valence electrons. The second-order valence-corrected chi connectivity index (χ2v) is 4.16. The molecule has 0 aliphatic rings. The van der Waals surface area contributed by atoms with Crippen molar-refractivity contribution in [2.24, 2.45) is 0 Å². The summed E-state index contributed by atoms with van der Waals surface area (Å²) in [6.07, 6.45) is 0. The van der Waals surface area contributed by atoms with Crippen molar-refractivity contribution in [3.8, 4) is 5.75 Å². The maximum absolute atomic E-state index is 13.3. The van der Waals surface area contributed by atoms with Crippen LogP contribution in [-0.4, -0.2) is 18.2 Å². The number of esters is 1. The van der Waals surface area contributed by atoms with Crippen molar-refractivity contribution in [2.75, 3.05) is 12.4 Å². The Morgan fingerprint density at radius 1 is 1.30 bits per heavy atom. The van der Waals surface area contributed by atoms with E-state index in [1.165, 1.54) is 25.3 Å². The highest BCUT2D eigenvalue weighted by atomic mass is 19.1. The lowest BCUT2D eigenvalue weighted by Crippen LogP contribution is -2.08. The number of carbonyl (C=O) groups excluding carboxylic acids is 1. The minimum atomic E-state index is -0.551. The number of methoxy groups -OCH3 is 1. The SMILES string of the molecule is COC(=O)c1ccc(F)cc1NCc1ccccc1O. The van der Waals surface area contributed by atoms with Gasteiger partial charge in [0.2, 0.25) is 0 Å². The first-order valence-electron chi connectivity index (χ1n) is 6.00. The number of aromatic hydroxyl groups is 1. The predicted octanol–water partition coefficient (Wildman–Crippen LogP) is 2.93. The molecule has 2 rings (SSSR count). The van der Waals surface area contributed by atoms with Crippen molar-refractivity contribution in [3.05, 3.63) is 59.4 Å². The molecule has 0 aliphatic carbocycles. The topological polar surface area (TPSA) is 58.6 Å². The van der Waals surface area contributed by atoms with Gasteiger partial charge in [-0.3, -0.25) is 0 Å². The van der Waals surface area contributed by atoms with Crippen molar-refractivity contribution >= 4 is 11.7 Å². The molecule has 0 spiro atoms. The molecule has 0 bridgehead atoms. The molecule has 0 aromatic heterocycles. The lowest BCUT2D eigenvalue weighted by molar-refractivity contribution is 0.0602. The fourth-order valence-corrected chi connectivity index (χ4v) is 1.80. The lowest BCUT2D eigenvalue weighted by Gasteiger charge is -2.11. The van der Waals surface area contributed by atoms with Crippen molar-refractivity contribution in [1.29, 1.82) is 0 Å². The third-order valence-corrected chi connectivity index (χ3v) is 2.85. The Morgan fingerprint density at radius 3 is 2.75 bits per heavy atom. The van der Waals surface area contributed by atoms with Crippen LogP contribution in [0.1, 0.15) is 15.9 Å². The molecule has 2 aromatic rings. The standard InChI is InChI=1S/C15H14FNO3/c1-20-15(19)12-7-6-11(16)8-13(12)17-9-10-4-2-3-5-14(10)18/h2-8,17-18H,9H2,1H3. The molecule has 20 heavy (non-hydrogen) atoms. The summed E-state index contributed by atoms with van der Waals surface area (Å²) in [5, 5.41) is 12.6. The van der Waals surface area contributed by atoms with Crippen molar-refractivity contribution < 1.29 is 19.0 Å². The zero-order chi connectivity index (χ0) is 14.5. The molecule has 2 aromatic carbocycles. The molecule has 4 nitrogen and oxygen atoms in total. The van der Waals surface area contributed by atoms with Gasteiger partial charge in [0.15, 0.2) is 0 Å². The van der Waals surface area contributed by atoms with Crippen LogP contribution in [0.4, 0.5) is 10.1 Å². The molecule has 0 fully saturated rings. The van der Waals surface area contributed by atoms with E-state index in [1.807, 2.05) is 0 Å². The van der Waals surface area contributed by atoms with Gasteiger partial charge in [0.1, 0.15) is 11.6 Å². The molecule has 0 radical (unpaired) electrons. The molecule has 0 atom stereocenters. The molecule has 0 amide bonds. The number of phenolic OH excluding ortho intramolecular Hbond substituents is 1. The third kappa shape index (κ3) is 3.06. The Kier molecular flexibility index (Phi) is 4.20. The monoisotopic (exact) mass is 275 g/mol. The van der Waals surface area contributed by atoms with Gasteiger partial charge in [0, 0.05) is 12.1 Å². The van der Waals surface area contributed by atoms with E-state index in [0.717, 1.165) is 0 Å². The van der Waals surface area contributed by atoms with Gasteiger partial charge in [-0.2, -0.15) is 0 Å². The molecule has 0 unspecified atom stereocenters. The van der Waals surface area contributed by atoms with E-state index < -0.39 is 11.8 Å². The number of nitrogens with one attached hydrogen (secondary N) is 1. The largest absolute Gasteiger partial charge is 0.508 e. The third-order valence-electron chi connectivity index (χ3n) is 2.85. The van der Waals surface area contributed by atoms with Gasteiger partial charge in [0.05, 0.1) is 18.4 Å². The van der Waals surface area contributed by atoms with Crippen LogP contribution in [0.5, 0.6) is 5.75 Å². The van der Waals surface area contributed by atoms with E-state index in [4.69, 9.17) is 0 Å². The maximum Gasteiger partial charge on any atom is 0.339 e. The van der Waals surface area contributed by atoms with Crippen LogP contribution in [0.25, 0.3) is 0 Å². The summed E-state index contributed by atoms with van der Waals surface area (Å²) in [5.41, 5.74) is 1.21. The number of hydrogen-bond donors (Lipinski definition) is 2. The summed E-state index contributed by atoms with van der Waals surface area (Å²) in [5.74, 6) is -0.877. The smallest absolute Gasteiger partial charge is 0.339 e. The molecule has 0 aliphatic heterocycles. The van der Waals surface area contributed by atoms with Crippen LogP contribution in [0.15, 0.2) is 42.5 Å². The van der Waals surface area contributed by atoms with E-state index in [-0.39, 0.29) is 17.9 Å². The molecule has 2 N–H and O–H groups in total. The summed E-state index contributed by atoms with van der Waals surface area (Å²) >= 11 is 0. The highest BCUT2D eigenvalue weighted by Crippen LogP contribution is 2.21. The first-order valence-corrected chi connectivity index (χ1v) is 6.00. The Labute approximate surface area is 115 Å². The van der Waals surface area contributed by atoms with E-state index in [1.54, 1.807) is 24.3 Å². The van der Waals surface area contributed by atoms with Crippen LogP contribution in [0.2, 0.25) is 0 Å². The number of halogens is 1. The molecule has 0 saturated heterocycles. The summed E-state index contributed by atoms with van der Waals surface area (Å²) in [6.45, 7) is 0.264. The zero-order valence-corrected chi connectivity index (χ0v) is 10.9. The van der Waals surface area contributed by atoms with E-state index in [9.17, 15) is 14.3 Å². The molecular formula is C15H14FNO3. The maximum atomic E-state index is 13.3. The second-order valence-electron chi connectivity index (χ2n) is 4.16. The average molecular weight is 275 g/mol. The molecule has 5 heteroatoms. The number of para-hydroxylation sites is 1. The van der Waals surface area contributed by atoms with Gasteiger partial charge in [0.25, 0.3) is 0 Å². The van der Waals surface area contributed by atoms with E-state index >= 15 is 0 Å². The Morgan fingerprint density at radius 2 is 2.05 bits per heavy atom. The highest BCUT2D eigenvalue weighted by Gasteiger charge is 2.12. The van der Waals surface area contributed by atoms with Crippen LogP contribution in [-0.2, 0) is 11.3 Å². The Bertz CT molecular complexity index is 628. The number of phenols is 1. The van der Waals surface area contributed by atoms with E-state index in [0.29, 0.717) is 11.3 Å². The van der Waals surface area contributed by atoms with Crippen molar-refractivity contribution in [2.45, 2.75) is 6.54 Å². The van der Waals surface area contributed by atoms with Gasteiger partial charge in [-0.25, -0.2) is 9.18 Å². The molecular weight excluding hydrogens is 261 g/mol. The highest BCUT2D eigenvalue weighted by molar-refractivity contribution is 5.95. The van der Waals surface area contributed by atoms with Crippen LogP contribution < -0.4 is 5.32 Å². The first kappa shape index (κ1) is 13.9. The van der Waals surface area contributed by atoms with Gasteiger partial charge in [-0.1, -0.05) is 18.2 Å². The fourth-order valence-electron chi connectivity index (χ4n) is 1.80. The predicted molar refractivity (Wildman–Crippen MR) is 73.2 cm³/mol. The number of hydrogen-bond acceptors (Lipinski definition) is 4. The minimum absolute atomic E-state index is 0.135. The first-order chi connectivity index (χ1) is 9.61. The number of rotatable bonds is 4. The van der Waals surface area contributed by atoms with Gasteiger partial charge >= 0.3 is 5.97 Å². The average Bonchev–Trinajstić information content (AvgIpc) is 2.46. The summed E-state index contributed by atoms with van der Waals surface area (Å²) in [7, 11) is 1.26. The Hall–Kier alpha value is -2.56. The van der Waals surface area contributed by atoms with E-state index in [2.05, 4.69) is 10.1 Å². The second kappa shape index (κ2) is 6.06. The van der Waals surface area contributed by atoms with Gasteiger partial charge < -0.3 is 15.2 Å². The van der Waals surface area contributed by atoms with Crippen LogP contribution in [0.3, 0.4) is 0 Å². The molecule has 0 saturated carbocycles. The van der Waals surface area contributed by atoms with Gasteiger partial charge in [-0.05, 0) is 24.3 Å². The minimum Gasteiger partial charge on any atom is -0.508 e. The summed E-state index contributed by atoms with van der Waals surface area (Å²) in [6, 6.07) is 10.5. The number of benzene rings is 2. The van der Waals surface area contributed by atoms with Crippen LogP contribution >= 0.6 is 0 Å². The van der Waals surface area contributed by atoms with Gasteiger partial charge in [-0.15, -0.1) is 0 Å². The summed E-state index contributed by atoms with van der Waals surface area (Å²) in [4.78, 5) is 11.6. The van der Waals surface area contributed by atoms with Crippen molar-refractivity contribution in [1.82, 2.24) is 0 Å². The number of anilines is 1. The zero-order valence-electron chi connectivity index (χ0n) is 10.9. The normalized spacial score (nSPS) is 10.1. The van der Waals surface area contributed by atoms with Crippen LogP contribution in [0, 0.1) is 5.82 Å². The number of ether oxygens (including phenoxy) is 1. The van der Waals surface area contributed by atoms with Crippen molar-refractivity contribution in [3.63, 3.8) is 0 Å². The lowest BCUT2D eigenvalue weighted by atomic mass is 10.1. The number of carbonyl (C=O) groups is 1. The summed E-state index contributed by atoms with van der Waals surface area (Å²) < 4.78 is 17.9. The quantitative estimate of drug-likeness (QED) is 0.842. The Balaban J connectivity index is 2.22. The fraction of sp³-hybridized carbons (Fsp3) is 0.133. The molecule has 0 heterocycles.